The van der Waals surface area contributed by atoms with Gasteiger partial charge in [-0.2, -0.15) is 0 Å². The van der Waals surface area contributed by atoms with Gasteiger partial charge in [0.1, 0.15) is 0 Å². The molecule has 0 aromatic carbocycles. The highest BCUT2D eigenvalue weighted by molar-refractivity contribution is 5.05. The zero-order valence-corrected chi connectivity index (χ0v) is 7.40. The molecule has 2 fully saturated rings. The first-order valence-corrected chi connectivity index (χ1v) is 4.89. The van der Waals surface area contributed by atoms with Crippen molar-refractivity contribution in [1.29, 1.82) is 0 Å². The van der Waals surface area contributed by atoms with E-state index in [0.29, 0.717) is 5.41 Å². The maximum Gasteiger partial charge on any atom is 0.0675 e. The summed E-state index contributed by atoms with van der Waals surface area (Å²) in [5.74, 6) is 0. The Kier molecular flexibility index (Phi) is 1.54. The molecule has 1 N–H and O–H groups in total. The Morgan fingerprint density at radius 3 is 1.82 bits per heavy atom. The van der Waals surface area contributed by atoms with Crippen molar-refractivity contribution in [3.8, 4) is 0 Å². The van der Waals surface area contributed by atoms with E-state index < -0.39 is 0 Å². The molecule has 64 valence electrons. The van der Waals surface area contributed by atoms with Crippen molar-refractivity contribution in [2.24, 2.45) is 5.41 Å². The largest absolute Gasteiger partial charge is 0.390 e. The van der Waals surface area contributed by atoms with E-state index >= 15 is 0 Å². The molecule has 11 heavy (non-hydrogen) atoms. The summed E-state index contributed by atoms with van der Waals surface area (Å²) in [7, 11) is 0. The summed E-state index contributed by atoms with van der Waals surface area (Å²) in [5, 5.41) is 9.99. The zero-order chi connectivity index (χ0) is 7.95. The van der Waals surface area contributed by atoms with Crippen LogP contribution in [0.2, 0.25) is 0 Å². The lowest BCUT2D eigenvalue weighted by Crippen LogP contribution is -2.55. The molecule has 2 aliphatic rings. The lowest BCUT2D eigenvalue weighted by molar-refractivity contribution is -0.170. The van der Waals surface area contributed by atoms with Crippen LogP contribution in [0.15, 0.2) is 0 Å². The second kappa shape index (κ2) is 2.22. The molecule has 1 heteroatoms. The molecule has 1 atom stereocenters. The third kappa shape index (κ3) is 0.936. The summed E-state index contributed by atoms with van der Waals surface area (Å²) < 4.78 is 0. The van der Waals surface area contributed by atoms with Crippen LogP contribution in [-0.2, 0) is 0 Å². The molecule has 2 aliphatic carbocycles. The molecule has 0 aliphatic heterocycles. The monoisotopic (exact) mass is 154 g/mol. The van der Waals surface area contributed by atoms with Crippen LogP contribution >= 0.6 is 0 Å². The van der Waals surface area contributed by atoms with E-state index in [1.807, 2.05) is 6.92 Å². The molecule has 0 heterocycles. The van der Waals surface area contributed by atoms with Gasteiger partial charge in [-0.25, -0.2) is 0 Å². The van der Waals surface area contributed by atoms with Crippen LogP contribution in [0.25, 0.3) is 0 Å². The van der Waals surface area contributed by atoms with Gasteiger partial charge in [0, 0.05) is 0 Å². The topological polar surface area (TPSA) is 20.2 Å². The fourth-order valence-corrected chi connectivity index (χ4v) is 2.86. The normalized spacial score (nSPS) is 42.0. The molecule has 0 amide bonds. The number of hydrogen-bond donors (Lipinski definition) is 1. The Balaban J connectivity index is 2.09. The van der Waals surface area contributed by atoms with Crippen molar-refractivity contribution in [1.82, 2.24) is 0 Å². The molecule has 0 aromatic rings. The standard InChI is InChI=1S/C10H18O/c1-9(11)7-8-10(9)5-3-2-4-6-10/h11H,2-8H2,1H3. The summed E-state index contributed by atoms with van der Waals surface area (Å²) in [6.45, 7) is 2.03. The van der Waals surface area contributed by atoms with Gasteiger partial charge in [-0.15, -0.1) is 0 Å². The number of rotatable bonds is 0. The molecule has 2 saturated carbocycles. The quantitative estimate of drug-likeness (QED) is 0.568. The molecule has 0 aromatic heterocycles. The maximum absolute atomic E-state index is 9.99. The molecule has 1 nitrogen and oxygen atoms in total. The summed E-state index contributed by atoms with van der Waals surface area (Å²) in [6, 6.07) is 0. The van der Waals surface area contributed by atoms with Gasteiger partial charge in [-0.05, 0) is 38.0 Å². The fourth-order valence-electron chi connectivity index (χ4n) is 2.86. The third-order valence-electron chi connectivity index (χ3n) is 4.04. The van der Waals surface area contributed by atoms with E-state index in [4.69, 9.17) is 0 Å². The van der Waals surface area contributed by atoms with Crippen molar-refractivity contribution in [3.63, 3.8) is 0 Å². The Morgan fingerprint density at radius 2 is 1.55 bits per heavy atom. The van der Waals surface area contributed by atoms with Gasteiger partial charge in [0.25, 0.3) is 0 Å². The molecular weight excluding hydrogens is 136 g/mol. The van der Waals surface area contributed by atoms with E-state index in [1.165, 1.54) is 38.5 Å². The summed E-state index contributed by atoms with van der Waals surface area (Å²) in [6.07, 6.45) is 8.94. The highest BCUT2D eigenvalue weighted by atomic mass is 16.3. The summed E-state index contributed by atoms with van der Waals surface area (Å²) in [4.78, 5) is 0. The Morgan fingerprint density at radius 1 is 0.909 bits per heavy atom. The Hall–Kier alpha value is -0.0400. The van der Waals surface area contributed by atoms with E-state index in [2.05, 4.69) is 0 Å². The molecule has 0 saturated heterocycles. The Bertz CT molecular complexity index is 154. The lowest BCUT2D eigenvalue weighted by Gasteiger charge is -2.57. The van der Waals surface area contributed by atoms with Crippen molar-refractivity contribution >= 4 is 0 Å². The molecule has 0 radical (unpaired) electrons. The molecule has 1 spiro atoms. The SMILES string of the molecule is CC1(O)CCC12CCCCC2. The molecule has 2 rings (SSSR count). The summed E-state index contributed by atoms with van der Waals surface area (Å²) in [5.41, 5.74) is 0.0403. The van der Waals surface area contributed by atoms with Crippen molar-refractivity contribution in [2.75, 3.05) is 0 Å². The molecule has 1 unspecified atom stereocenters. The van der Waals surface area contributed by atoms with E-state index in [-0.39, 0.29) is 5.60 Å². The van der Waals surface area contributed by atoms with Crippen molar-refractivity contribution in [3.05, 3.63) is 0 Å². The highest BCUT2D eigenvalue weighted by Gasteiger charge is 2.54. The van der Waals surface area contributed by atoms with Gasteiger partial charge in [0.2, 0.25) is 0 Å². The molecular formula is C10H18O. The number of aliphatic hydroxyl groups is 1. The second-order valence-corrected chi connectivity index (χ2v) is 4.61. The minimum Gasteiger partial charge on any atom is -0.390 e. The van der Waals surface area contributed by atoms with Gasteiger partial charge >= 0.3 is 0 Å². The van der Waals surface area contributed by atoms with Crippen LogP contribution in [0.4, 0.5) is 0 Å². The van der Waals surface area contributed by atoms with Crippen LogP contribution in [0.3, 0.4) is 0 Å². The predicted molar refractivity (Wildman–Crippen MR) is 45.4 cm³/mol. The van der Waals surface area contributed by atoms with E-state index in [1.54, 1.807) is 0 Å². The van der Waals surface area contributed by atoms with Crippen molar-refractivity contribution < 1.29 is 5.11 Å². The van der Waals surface area contributed by atoms with Gasteiger partial charge in [-0.1, -0.05) is 19.3 Å². The van der Waals surface area contributed by atoms with E-state index in [9.17, 15) is 5.11 Å². The third-order valence-corrected chi connectivity index (χ3v) is 4.04. The first-order chi connectivity index (χ1) is 5.16. The van der Waals surface area contributed by atoms with Crippen molar-refractivity contribution in [2.45, 2.75) is 57.5 Å². The first-order valence-electron chi connectivity index (χ1n) is 4.89. The highest BCUT2D eigenvalue weighted by Crippen LogP contribution is 2.57. The van der Waals surface area contributed by atoms with Gasteiger partial charge in [0.15, 0.2) is 0 Å². The summed E-state index contributed by atoms with van der Waals surface area (Å²) >= 11 is 0. The minimum atomic E-state index is -0.312. The van der Waals surface area contributed by atoms with Crippen LogP contribution in [0.1, 0.15) is 51.9 Å². The Labute approximate surface area is 68.8 Å². The average Bonchev–Trinajstić information content (AvgIpc) is 2.04. The fraction of sp³-hybridized carbons (Fsp3) is 1.00. The van der Waals surface area contributed by atoms with Crippen LogP contribution in [-0.4, -0.2) is 10.7 Å². The second-order valence-electron chi connectivity index (χ2n) is 4.61. The van der Waals surface area contributed by atoms with Gasteiger partial charge in [-0.3, -0.25) is 0 Å². The van der Waals surface area contributed by atoms with Gasteiger partial charge < -0.3 is 5.11 Å². The maximum atomic E-state index is 9.99. The minimum absolute atomic E-state index is 0.312. The lowest BCUT2D eigenvalue weighted by atomic mass is 9.52. The first kappa shape index (κ1) is 7.60. The van der Waals surface area contributed by atoms with Crippen LogP contribution in [0.5, 0.6) is 0 Å². The van der Waals surface area contributed by atoms with Crippen LogP contribution < -0.4 is 0 Å². The van der Waals surface area contributed by atoms with E-state index in [0.717, 1.165) is 6.42 Å². The predicted octanol–water partition coefficient (Wildman–Crippen LogP) is 2.48. The average molecular weight is 154 g/mol. The zero-order valence-electron chi connectivity index (χ0n) is 7.40. The number of hydrogen-bond acceptors (Lipinski definition) is 1. The smallest absolute Gasteiger partial charge is 0.0675 e. The van der Waals surface area contributed by atoms with Gasteiger partial charge in [0.05, 0.1) is 5.60 Å². The van der Waals surface area contributed by atoms with Crippen LogP contribution in [0, 0.1) is 5.41 Å². The molecule has 0 bridgehead atoms.